The smallest absolute Gasteiger partial charge is 0.256 e. The number of hydrogen-bond acceptors (Lipinski definition) is 5. The number of rotatable bonds is 2. The number of aromatic nitrogens is 4. The van der Waals surface area contributed by atoms with E-state index >= 15 is 0 Å². The van der Waals surface area contributed by atoms with Gasteiger partial charge >= 0.3 is 0 Å². The zero-order valence-electron chi connectivity index (χ0n) is 13.2. The van der Waals surface area contributed by atoms with E-state index in [0.29, 0.717) is 28.1 Å². The molecular formula is C16H19ClN6O. The Morgan fingerprint density at radius 2 is 1.96 bits per heavy atom. The number of hydrogen-bond donors (Lipinski definition) is 1. The molecule has 2 fully saturated rings. The molecule has 0 aliphatic carbocycles. The quantitative estimate of drug-likeness (QED) is 0.889. The molecular weight excluding hydrogens is 328 g/mol. The topological polar surface area (TPSA) is 75.9 Å². The predicted molar refractivity (Wildman–Crippen MR) is 89.2 cm³/mol. The van der Waals surface area contributed by atoms with Crippen LogP contribution in [0.15, 0.2) is 24.5 Å². The lowest BCUT2D eigenvalue weighted by atomic mass is 9.92. The van der Waals surface area contributed by atoms with Crippen molar-refractivity contribution in [1.82, 2.24) is 30.4 Å². The fourth-order valence-corrected chi connectivity index (χ4v) is 3.91. The van der Waals surface area contributed by atoms with Gasteiger partial charge in [-0.2, -0.15) is 4.68 Å². The Hall–Kier alpha value is -1.99. The van der Waals surface area contributed by atoms with Gasteiger partial charge in [0.2, 0.25) is 0 Å². The minimum Gasteiger partial charge on any atom is -0.339 e. The lowest BCUT2D eigenvalue weighted by Gasteiger charge is -2.22. The molecule has 0 saturated carbocycles. The van der Waals surface area contributed by atoms with Crippen LogP contribution in [0.5, 0.6) is 0 Å². The third-order valence-electron chi connectivity index (χ3n) is 5.09. The van der Waals surface area contributed by atoms with Crippen molar-refractivity contribution >= 4 is 17.5 Å². The SMILES string of the molecule is O=C(c1cc(Cl)ccc1-n1cnnn1)N1CC[C@@H]2CNC[C@@H]2CC1. The molecule has 2 aliphatic rings. The number of benzene rings is 1. The highest BCUT2D eigenvalue weighted by Gasteiger charge is 2.32. The molecule has 7 nitrogen and oxygen atoms in total. The number of nitrogens with one attached hydrogen (secondary N) is 1. The molecule has 0 bridgehead atoms. The Morgan fingerprint density at radius 1 is 1.21 bits per heavy atom. The number of halogens is 1. The van der Waals surface area contributed by atoms with E-state index in [1.807, 2.05) is 4.90 Å². The molecule has 126 valence electrons. The van der Waals surface area contributed by atoms with Gasteiger partial charge in [0.15, 0.2) is 0 Å². The number of nitrogens with zero attached hydrogens (tertiary/aromatic N) is 5. The van der Waals surface area contributed by atoms with Gasteiger partial charge in [0.1, 0.15) is 6.33 Å². The molecule has 2 aromatic rings. The number of carbonyl (C=O) groups is 1. The highest BCUT2D eigenvalue weighted by Crippen LogP contribution is 2.28. The molecule has 0 unspecified atom stereocenters. The first kappa shape index (κ1) is 15.5. The Morgan fingerprint density at radius 3 is 2.62 bits per heavy atom. The first-order chi connectivity index (χ1) is 11.7. The van der Waals surface area contributed by atoms with Gasteiger partial charge in [-0.15, -0.1) is 5.10 Å². The van der Waals surface area contributed by atoms with E-state index in [9.17, 15) is 4.79 Å². The predicted octanol–water partition coefficient (Wildman–Crippen LogP) is 1.39. The lowest BCUT2D eigenvalue weighted by Crippen LogP contribution is -2.33. The molecule has 2 saturated heterocycles. The first-order valence-corrected chi connectivity index (χ1v) is 8.63. The fraction of sp³-hybridized carbons (Fsp3) is 0.500. The summed E-state index contributed by atoms with van der Waals surface area (Å²) < 4.78 is 1.50. The molecule has 0 spiro atoms. The third-order valence-corrected chi connectivity index (χ3v) is 5.33. The zero-order valence-corrected chi connectivity index (χ0v) is 14.0. The maximum atomic E-state index is 13.1. The summed E-state index contributed by atoms with van der Waals surface area (Å²) in [7, 11) is 0. The number of amides is 1. The number of likely N-dealkylation sites (tertiary alicyclic amines) is 1. The molecule has 0 radical (unpaired) electrons. The van der Waals surface area contributed by atoms with E-state index in [-0.39, 0.29) is 5.91 Å². The van der Waals surface area contributed by atoms with Crippen molar-refractivity contribution < 1.29 is 4.79 Å². The maximum absolute atomic E-state index is 13.1. The molecule has 3 heterocycles. The minimum atomic E-state index is -0.00377. The van der Waals surface area contributed by atoms with Crippen molar-refractivity contribution in [3.05, 3.63) is 35.1 Å². The van der Waals surface area contributed by atoms with E-state index in [1.165, 1.54) is 11.0 Å². The first-order valence-electron chi connectivity index (χ1n) is 8.25. The average molecular weight is 347 g/mol. The van der Waals surface area contributed by atoms with Crippen LogP contribution in [0, 0.1) is 11.8 Å². The molecule has 24 heavy (non-hydrogen) atoms. The molecule has 1 N–H and O–H groups in total. The van der Waals surface area contributed by atoms with Gasteiger partial charge in [0.05, 0.1) is 11.3 Å². The largest absolute Gasteiger partial charge is 0.339 e. The summed E-state index contributed by atoms with van der Waals surface area (Å²) in [4.78, 5) is 15.1. The van der Waals surface area contributed by atoms with Crippen molar-refractivity contribution in [2.75, 3.05) is 26.2 Å². The normalized spacial score (nSPS) is 23.8. The van der Waals surface area contributed by atoms with E-state index < -0.39 is 0 Å². The zero-order chi connectivity index (χ0) is 16.5. The standard InChI is InChI=1S/C16H19ClN6O/c17-13-1-2-15(23-10-19-20-21-23)14(7-13)16(24)22-5-3-11-8-18-9-12(11)4-6-22/h1-2,7,10-12,18H,3-6,8-9H2/t11-,12+. The summed E-state index contributed by atoms with van der Waals surface area (Å²) >= 11 is 6.13. The van der Waals surface area contributed by atoms with Crippen LogP contribution < -0.4 is 5.32 Å². The van der Waals surface area contributed by atoms with E-state index in [2.05, 4.69) is 20.8 Å². The summed E-state index contributed by atoms with van der Waals surface area (Å²) in [6, 6.07) is 5.23. The monoisotopic (exact) mass is 346 g/mol. The van der Waals surface area contributed by atoms with Crippen LogP contribution in [0.25, 0.3) is 5.69 Å². The fourth-order valence-electron chi connectivity index (χ4n) is 3.74. The van der Waals surface area contributed by atoms with Crippen LogP contribution in [-0.4, -0.2) is 57.2 Å². The van der Waals surface area contributed by atoms with Gasteiger partial charge in [-0.25, -0.2) is 0 Å². The van der Waals surface area contributed by atoms with Gasteiger partial charge in [-0.1, -0.05) is 11.6 Å². The van der Waals surface area contributed by atoms with Gasteiger partial charge in [0, 0.05) is 18.1 Å². The van der Waals surface area contributed by atoms with Crippen LogP contribution in [0.2, 0.25) is 5.02 Å². The van der Waals surface area contributed by atoms with E-state index in [4.69, 9.17) is 11.6 Å². The van der Waals surface area contributed by atoms with Crippen molar-refractivity contribution in [2.24, 2.45) is 11.8 Å². The second kappa shape index (κ2) is 6.49. The van der Waals surface area contributed by atoms with Crippen molar-refractivity contribution in [1.29, 1.82) is 0 Å². The Balaban J connectivity index is 1.61. The van der Waals surface area contributed by atoms with Crippen LogP contribution in [0.1, 0.15) is 23.2 Å². The third kappa shape index (κ3) is 2.89. The Bertz CT molecular complexity index is 720. The number of fused-ring (bicyclic) bond motifs is 1. The van der Waals surface area contributed by atoms with Gasteiger partial charge < -0.3 is 10.2 Å². The van der Waals surface area contributed by atoms with Gasteiger partial charge in [0.25, 0.3) is 5.91 Å². The second-order valence-corrected chi connectivity index (χ2v) is 6.90. The van der Waals surface area contributed by atoms with Crippen LogP contribution in [-0.2, 0) is 0 Å². The van der Waals surface area contributed by atoms with Crippen molar-refractivity contribution in [3.63, 3.8) is 0 Å². The van der Waals surface area contributed by atoms with Crippen molar-refractivity contribution in [3.8, 4) is 5.69 Å². The summed E-state index contributed by atoms with van der Waals surface area (Å²) in [5.41, 5.74) is 1.19. The van der Waals surface area contributed by atoms with E-state index in [0.717, 1.165) is 39.0 Å². The maximum Gasteiger partial charge on any atom is 0.256 e. The second-order valence-electron chi connectivity index (χ2n) is 6.46. The van der Waals surface area contributed by atoms with Crippen molar-refractivity contribution in [2.45, 2.75) is 12.8 Å². The molecule has 4 rings (SSSR count). The summed E-state index contributed by atoms with van der Waals surface area (Å²) in [6.07, 6.45) is 3.58. The van der Waals surface area contributed by atoms with Gasteiger partial charge in [-0.05, 0) is 66.4 Å². The summed E-state index contributed by atoms with van der Waals surface area (Å²) in [6.45, 7) is 3.70. The van der Waals surface area contributed by atoms with Crippen LogP contribution in [0.3, 0.4) is 0 Å². The highest BCUT2D eigenvalue weighted by molar-refractivity contribution is 6.31. The molecule has 1 aromatic heterocycles. The molecule has 2 atom stereocenters. The van der Waals surface area contributed by atoms with E-state index in [1.54, 1.807) is 18.2 Å². The summed E-state index contributed by atoms with van der Waals surface area (Å²) in [5.74, 6) is 1.36. The lowest BCUT2D eigenvalue weighted by molar-refractivity contribution is 0.0758. The Labute approximate surface area is 145 Å². The minimum absolute atomic E-state index is 0.00377. The molecule has 1 aromatic carbocycles. The van der Waals surface area contributed by atoms with Gasteiger partial charge in [-0.3, -0.25) is 4.79 Å². The average Bonchev–Trinajstić information content (AvgIpc) is 3.23. The van der Waals surface area contributed by atoms with Crippen LogP contribution in [0.4, 0.5) is 0 Å². The Kier molecular flexibility index (Phi) is 4.20. The number of tetrazole rings is 1. The molecule has 1 amide bonds. The molecule has 8 heteroatoms. The molecule has 2 aliphatic heterocycles. The number of carbonyl (C=O) groups excluding carboxylic acids is 1. The highest BCUT2D eigenvalue weighted by atomic mass is 35.5. The summed E-state index contributed by atoms with van der Waals surface area (Å²) in [5, 5.41) is 15.2. The van der Waals surface area contributed by atoms with Crippen LogP contribution >= 0.6 is 11.6 Å².